The van der Waals surface area contributed by atoms with Crippen molar-refractivity contribution in [1.29, 1.82) is 0 Å². The summed E-state index contributed by atoms with van der Waals surface area (Å²) in [5, 5.41) is 3.29. The lowest BCUT2D eigenvalue weighted by Crippen LogP contribution is -2.52. The van der Waals surface area contributed by atoms with Gasteiger partial charge >= 0.3 is 5.97 Å². The summed E-state index contributed by atoms with van der Waals surface area (Å²) in [4.78, 5) is 26.5. The molecule has 26 heavy (non-hydrogen) atoms. The normalized spacial score (nSPS) is 18.7. The van der Waals surface area contributed by atoms with Crippen LogP contribution in [0.5, 0.6) is 0 Å². The molecule has 142 valence electrons. The first-order chi connectivity index (χ1) is 12.2. The van der Waals surface area contributed by atoms with E-state index in [9.17, 15) is 14.0 Å². The van der Waals surface area contributed by atoms with E-state index in [4.69, 9.17) is 4.74 Å². The number of carbonyl (C=O) groups is 2. The number of rotatable bonds is 7. The van der Waals surface area contributed by atoms with Gasteiger partial charge in [0.1, 0.15) is 18.0 Å². The molecule has 0 radical (unpaired) electrons. The zero-order chi connectivity index (χ0) is 19.4. The molecular weight excluding hydrogens is 335 g/mol. The minimum Gasteiger partial charge on any atom is -0.468 e. The number of carbonyl (C=O) groups excluding carboxylic acids is 2. The molecule has 1 aromatic rings. The van der Waals surface area contributed by atoms with Gasteiger partial charge in [-0.2, -0.15) is 0 Å². The Bertz CT molecular complexity index is 698. The van der Waals surface area contributed by atoms with Gasteiger partial charge in [-0.3, -0.25) is 14.9 Å². The third-order valence-corrected chi connectivity index (χ3v) is 4.71. The van der Waals surface area contributed by atoms with E-state index in [2.05, 4.69) is 5.32 Å². The van der Waals surface area contributed by atoms with Gasteiger partial charge in [-0.1, -0.05) is 26.0 Å². The summed E-state index contributed by atoms with van der Waals surface area (Å²) in [6, 6.07) is 5.57. The van der Waals surface area contributed by atoms with Crippen molar-refractivity contribution in [1.82, 2.24) is 10.2 Å². The summed E-state index contributed by atoms with van der Waals surface area (Å²) in [5.74, 6) is -0.452. The molecule has 0 bridgehead atoms. The van der Waals surface area contributed by atoms with Crippen LogP contribution in [0.2, 0.25) is 0 Å². The Kier molecular flexibility index (Phi) is 6.53. The summed E-state index contributed by atoms with van der Waals surface area (Å²) in [6.45, 7) is 8.07. The molecule has 0 fully saturated rings. The summed E-state index contributed by atoms with van der Waals surface area (Å²) < 4.78 is 18.1. The summed E-state index contributed by atoms with van der Waals surface area (Å²) in [7, 11) is 1.36. The second-order valence-electron chi connectivity index (χ2n) is 7.14. The van der Waals surface area contributed by atoms with Crippen LogP contribution in [0.15, 0.2) is 35.4 Å². The second-order valence-corrected chi connectivity index (χ2v) is 7.14. The van der Waals surface area contributed by atoms with Crippen LogP contribution in [0, 0.1) is 11.7 Å². The van der Waals surface area contributed by atoms with Crippen molar-refractivity contribution in [2.24, 2.45) is 5.92 Å². The lowest BCUT2D eigenvalue weighted by molar-refractivity contribution is -0.144. The molecule has 0 spiro atoms. The van der Waals surface area contributed by atoms with Gasteiger partial charge in [-0.25, -0.2) is 4.39 Å². The zero-order valence-corrected chi connectivity index (χ0v) is 16.0. The molecule has 2 atom stereocenters. The lowest BCUT2D eigenvalue weighted by atomic mass is 10.0. The Balaban J connectivity index is 2.24. The van der Waals surface area contributed by atoms with Crippen LogP contribution in [-0.4, -0.2) is 36.1 Å². The van der Waals surface area contributed by atoms with Crippen molar-refractivity contribution in [2.75, 3.05) is 7.11 Å². The predicted octanol–water partition coefficient (Wildman–Crippen LogP) is 3.01. The average Bonchev–Trinajstić information content (AvgIpc) is 2.80. The van der Waals surface area contributed by atoms with Crippen LogP contribution in [0.1, 0.15) is 39.7 Å². The minimum absolute atomic E-state index is 0.0857. The quantitative estimate of drug-likeness (QED) is 0.758. The van der Waals surface area contributed by atoms with Crippen molar-refractivity contribution in [3.05, 3.63) is 46.8 Å². The molecule has 1 heterocycles. The van der Waals surface area contributed by atoms with E-state index in [1.54, 1.807) is 24.0 Å². The molecule has 0 unspecified atom stereocenters. The van der Waals surface area contributed by atoms with E-state index in [1.165, 1.54) is 19.2 Å². The highest BCUT2D eigenvalue weighted by atomic mass is 19.1. The maximum absolute atomic E-state index is 13.1. The first kappa shape index (κ1) is 20.1. The topological polar surface area (TPSA) is 58.6 Å². The molecule has 1 aliphatic heterocycles. The Morgan fingerprint density at radius 3 is 2.42 bits per heavy atom. The van der Waals surface area contributed by atoms with Gasteiger partial charge in [0.15, 0.2) is 0 Å². The number of methoxy groups -OCH3 is 1. The number of hydrogen-bond donors (Lipinski definition) is 1. The van der Waals surface area contributed by atoms with Crippen LogP contribution < -0.4 is 5.32 Å². The molecule has 1 amide bonds. The number of ether oxygens (including phenoxy) is 1. The highest BCUT2D eigenvalue weighted by Crippen LogP contribution is 2.27. The van der Waals surface area contributed by atoms with Crippen molar-refractivity contribution in [2.45, 2.75) is 52.9 Å². The van der Waals surface area contributed by atoms with Crippen molar-refractivity contribution in [3.8, 4) is 0 Å². The van der Waals surface area contributed by atoms with Crippen molar-refractivity contribution < 1.29 is 18.7 Å². The first-order valence-electron chi connectivity index (χ1n) is 8.81. The van der Waals surface area contributed by atoms with Crippen molar-refractivity contribution in [3.63, 3.8) is 0 Å². The second kappa shape index (κ2) is 8.45. The number of esters is 1. The fraction of sp³-hybridized carbons (Fsp3) is 0.500. The van der Waals surface area contributed by atoms with Gasteiger partial charge in [-0.15, -0.1) is 0 Å². The Morgan fingerprint density at radius 2 is 1.88 bits per heavy atom. The van der Waals surface area contributed by atoms with Gasteiger partial charge in [0.25, 0.3) is 5.91 Å². The van der Waals surface area contributed by atoms with E-state index >= 15 is 0 Å². The lowest BCUT2D eigenvalue weighted by Gasteiger charge is -2.31. The van der Waals surface area contributed by atoms with E-state index in [0.717, 1.165) is 11.1 Å². The van der Waals surface area contributed by atoms with Crippen LogP contribution in [0.3, 0.4) is 0 Å². The molecule has 5 nitrogen and oxygen atoms in total. The summed E-state index contributed by atoms with van der Waals surface area (Å²) in [5.41, 5.74) is 2.38. The smallest absolute Gasteiger partial charge is 0.322 e. The number of nitrogens with one attached hydrogen (secondary N) is 1. The number of hydrogen-bond acceptors (Lipinski definition) is 4. The van der Waals surface area contributed by atoms with E-state index in [0.29, 0.717) is 24.5 Å². The molecule has 0 aromatic heterocycles. The molecule has 0 saturated heterocycles. The maximum Gasteiger partial charge on any atom is 0.322 e. The molecule has 0 saturated carbocycles. The van der Waals surface area contributed by atoms with Gasteiger partial charge < -0.3 is 9.64 Å². The monoisotopic (exact) mass is 362 g/mol. The number of halogens is 1. The van der Waals surface area contributed by atoms with Crippen molar-refractivity contribution >= 4 is 11.9 Å². The third-order valence-electron chi connectivity index (χ3n) is 4.71. The predicted molar refractivity (Wildman–Crippen MR) is 97.5 cm³/mol. The van der Waals surface area contributed by atoms with Gasteiger partial charge in [0, 0.05) is 12.1 Å². The van der Waals surface area contributed by atoms with E-state index in [-0.39, 0.29) is 17.7 Å². The molecule has 1 aromatic carbocycles. The largest absolute Gasteiger partial charge is 0.468 e. The maximum atomic E-state index is 13.1. The molecule has 6 heteroatoms. The standard InChI is InChI=1S/C20H27FN2O3/c1-12(2)10-17(20(25)26-5)22-18-13(3)14(4)19(24)23(18)11-15-6-8-16(21)9-7-15/h6-9,12,17-18,22H,10-11H2,1-5H3/t17-,18+/m1/s1. The van der Waals surface area contributed by atoms with Gasteiger partial charge in [-0.05, 0) is 49.5 Å². The summed E-state index contributed by atoms with van der Waals surface area (Å²) in [6.07, 6.45) is 0.212. The molecule has 0 aliphatic carbocycles. The Labute approximate surface area is 154 Å². The number of nitrogens with zero attached hydrogens (tertiary/aromatic N) is 1. The Hall–Kier alpha value is -2.21. The fourth-order valence-electron chi connectivity index (χ4n) is 3.14. The average molecular weight is 362 g/mol. The van der Waals surface area contributed by atoms with Crippen LogP contribution >= 0.6 is 0 Å². The van der Waals surface area contributed by atoms with Crippen LogP contribution in [-0.2, 0) is 20.9 Å². The van der Waals surface area contributed by atoms with E-state index in [1.807, 2.05) is 20.8 Å². The third kappa shape index (κ3) is 4.49. The fourth-order valence-corrected chi connectivity index (χ4v) is 3.14. The minimum atomic E-state index is -0.505. The Morgan fingerprint density at radius 1 is 1.27 bits per heavy atom. The molecule has 1 N–H and O–H groups in total. The molecular formula is C20H27FN2O3. The SMILES string of the molecule is COC(=O)[C@@H](CC(C)C)N[C@@H]1C(C)=C(C)C(=O)N1Cc1ccc(F)cc1. The zero-order valence-electron chi connectivity index (χ0n) is 16.0. The van der Waals surface area contributed by atoms with Gasteiger partial charge in [0.05, 0.1) is 7.11 Å². The van der Waals surface area contributed by atoms with Crippen LogP contribution in [0.4, 0.5) is 4.39 Å². The summed E-state index contributed by atoms with van der Waals surface area (Å²) >= 11 is 0. The number of amides is 1. The van der Waals surface area contributed by atoms with Gasteiger partial charge in [0.2, 0.25) is 0 Å². The molecule has 2 rings (SSSR count). The highest BCUT2D eigenvalue weighted by Gasteiger charge is 2.37. The molecule has 1 aliphatic rings. The highest BCUT2D eigenvalue weighted by molar-refractivity contribution is 5.97. The van der Waals surface area contributed by atoms with E-state index < -0.39 is 12.2 Å². The van der Waals surface area contributed by atoms with Crippen LogP contribution in [0.25, 0.3) is 0 Å². The first-order valence-corrected chi connectivity index (χ1v) is 8.81. The number of benzene rings is 1.